The van der Waals surface area contributed by atoms with Gasteiger partial charge in [-0.15, -0.1) is 0 Å². The average Bonchev–Trinajstić information content (AvgIpc) is 3.24. The van der Waals surface area contributed by atoms with Gasteiger partial charge in [-0.1, -0.05) is 23.7 Å². The van der Waals surface area contributed by atoms with Crippen molar-refractivity contribution in [1.82, 2.24) is 4.90 Å². The van der Waals surface area contributed by atoms with E-state index in [-0.39, 0.29) is 22.0 Å². The molecule has 44 heavy (non-hydrogen) atoms. The van der Waals surface area contributed by atoms with Crippen molar-refractivity contribution in [3.63, 3.8) is 0 Å². The molecule has 0 saturated carbocycles. The summed E-state index contributed by atoms with van der Waals surface area (Å²) in [5, 5.41) is 16.0. The van der Waals surface area contributed by atoms with Crippen LogP contribution in [0.2, 0.25) is 5.02 Å². The fraction of sp³-hybridized carbons (Fsp3) is 0.200. The number of benzene rings is 3. The number of ether oxygens (including phenoxy) is 1. The predicted molar refractivity (Wildman–Crippen MR) is 170 cm³/mol. The van der Waals surface area contributed by atoms with Crippen molar-refractivity contribution in [2.24, 2.45) is 0 Å². The van der Waals surface area contributed by atoms with Crippen molar-refractivity contribution in [3.8, 4) is 5.75 Å². The number of nitrogens with one attached hydrogen (secondary N) is 2. The zero-order chi connectivity index (χ0) is 31.8. The number of imide groups is 1. The highest BCUT2D eigenvalue weighted by Gasteiger charge is 2.36. The van der Waals surface area contributed by atoms with E-state index < -0.39 is 41.0 Å². The molecular weight excluding hydrogens is 610 g/mol. The van der Waals surface area contributed by atoms with Crippen LogP contribution in [0, 0.1) is 10.1 Å². The second-order valence-electron chi connectivity index (χ2n) is 9.37. The van der Waals surface area contributed by atoms with Gasteiger partial charge < -0.3 is 20.3 Å². The van der Waals surface area contributed by atoms with Crippen LogP contribution in [0.1, 0.15) is 19.4 Å². The number of thioether (sulfide) groups is 1. The van der Waals surface area contributed by atoms with Crippen LogP contribution in [0.4, 0.5) is 27.5 Å². The highest BCUT2D eigenvalue weighted by Crippen LogP contribution is 2.35. The molecule has 1 aliphatic heterocycles. The highest BCUT2D eigenvalue weighted by molar-refractivity contribution is 8.18. The van der Waals surface area contributed by atoms with E-state index in [2.05, 4.69) is 15.5 Å². The molecule has 2 N–H and O–H groups in total. The lowest BCUT2D eigenvalue weighted by Crippen LogP contribution is -2.36. The zero-order valence-electron chi connectivity index (χ0n) is 23.7. The van der Waals surface area contributed by atoms with Gasteiger partial charge in [-0.3, -0.25) is 34.2 Å². The lowest BCUT2D eigenvalue weighted by molar-refractivity contribution is -0.384. The Labute approximate surface area is 262 Å². The monoisotopic (exact) mass is 637 g/mol. The minimum Gasteiger partial charge on any atom is -0.483 e. The molecule has 4 amide bonds. The second kappa shape index (κ2) is 14.5. The van der Waals surface area contributed by atoms with Gasteiger partial charge >= 0.3 is 0 Å². The van der Waals surface area contributed by atoms with Crippen LogP contribution in [0.15, 0.2) is 71.6 Å². The van der Waals surface area contributed by atoms with Gasteiger partial charge in [0.05, 0.1) is 9.83 Å². The summed E-state index contributed by atoms with van der Waals surface area (Å²) in [4.78, 5) is 64.5. The van der Waals surface area contributed by atoms with Crippen molar-refractivity contribution in [2.45, 2.75) is 13.8 Å². The van der Waals surface area contributed by atoms with E-state index in [0.29, 0.717) is 41.1 Å². The van der Waals surface area contributed by atoms with Crippen molar-refractivity contribution in [1.29, 1.82) is 0 Å². The quantitative estimate of drug-likeness (QED) is 0.143. The number of halogens is 1. The first-order chi connectivity index (χ1) is 21.1. The summed E-state index contributed by atoms with van der Waals surface area (Å²) < 4.78 is 5.86. The largest absolute Gasteiger partial charge is 0.483 e. The van der Waals surface area contributed by atoms with Gasteiger partial charge in [0.25, 0.3) is 22.7 Å². The number of nitrogens with zero attached hydrogens (tertiary/aromatic N) is 3. The molecule has 1 fully saturated rings. The summed E-state index contributed by atoms with van der Waals surface area (Å²) in [6.45, 7) is 4.47. The van der Waals surface area contributed by atoms with E-state index in [1.807, 2.05) is 19.9 Å². The number of non-ortho nitro benzene ring substituents is 1. The first-order valence-corrected chi connectivity index (χ1v) is 14.6. The number of anilines is 3. The Morgan fingerprint density at radius 2 is 1.68 bits per heavy atom. The molecule has 1 heterocycles. The fourth-order valence-corrected chi connectivity index (χ4v) is 5.30. The molecule has 228 valence electrons. The van der Waals surface area contributed by atoms with Crippen LogP contribution in [0.3, 0.4) is 0 Å². The second-order valence-corrected chi connectivity index (χ2v) is 10.8. The molecule has 1 aliphatic rings. The summed E-state index contributed by atoms with van der Waals surface area (Å²) in [6, 6.07) is 17.3. The number of carbonyl (C=O) groups excluding carboxylic acids is 4. The third kappa shape index (κ3) is 8.14. The summed E-state index contributed by atoms with van der Waals surface area (Å²) in [6.07, 6.45) is 1.47. The summed E-state index contributed by atoms with van der Waals surface area (Å²) in [5.74, 6) is -1.51. The first-order valence-electron chi connectivity index (χ1n) is 13.4. The van der Waals surface area contributed by atoms with Gasteiger partial charge in [0.15, 0.2) is 6.61 Å². The molecule has 0 bridgehead atoms. The Morgan fingerprint density at radius 3 is 2.36 bits per heavy atom. The van der Waals surface area contributed by atoms with E-state index in [9.17, 15) is 29.3 Å². The Morgan fingerprint density at radius 1 is 1.00 bits per heavy atom. The summed E-state index contributed by atoms with van der Waals surface area (Å²) in [7, 11) is 0. The minimum absolute atomic E-state index is 0.0760. The average molecular weight is 638 g/mol. The molecule has 3 aromatic carbocycles. The smallest absolute Gasteiger partial charge is 0.294 e. The maximum absolute atomic E-state index is 13.1. The molecule has 0 spiro atoms. The van der Waals surface area contributed by atoms with E-state index in [4.69, 9.17) is 16.3 Å². The molecule has 0 aliphatic carbocycles. The molecule has 0 radical (unpaired) electrons. The predicted octanol–water partition coefficient (Wildman–Crippen LogP) is 5.79. The lowest BCUT2D eigenvalue weighted by Gasteiger charge is -2.22. The van der Waals surface area contributed by atoms with Crippen LogP contribution in [0.25, 0.3) is 6.08 Å². The van der Waals surface area contributed by atoms with E-state index in [0.717, 1.165) is 10.6 Å². The molecule has 0 unspecified atom stereocenters. The van der Waals surface area contributed by atoms with Crippen molar-refractivity contribution < 1.29 is 28.8 Å². The minimum atomic E-state index is -0.650. The highest BCUT2D eigenvalue weighted by atomic mass is 35.5. The molecule has 1 saturated heterocycles. The molecule has 4 rings (SSSR count). The van der Waals surface area contributed by atoms with Gasteiger partial charge in [0.1, 0.15) is 12.3 Å². The molecule has 3 aromatic rings. The number of hydrogen-bond donors (Lipinski definition) is 2. The number of amides is 4. The van der Waals surface area contributed by atoms with Crippen molar-refractivity contribution in [2.75, 3.05) is 41.8 Å². The number of hydrogen-bond acceptors (Lipinski definition) is 9. The van der Waals surface area contributed by atoms with Gasteiger partial charge in [0.2, 0.25) is 5.91 Å². The van der Waals surface area contributed by atoms with Crippen LogP contribution in [-0.2, 0) is 14.4 Å². The topological polar surface area (TPSA) is 151 Å². The van der Waals surface area contributed by atoms with Crippen LogP contribution in [0.5, 0.6) is 5.75 Å². The van der Waals surface area contributed by atoms with Crippen LogP contribution in [-0.4, -0.2) is 59.0 Å². The standard InChI is InChI=1S/C30H28ClN5O7S/c1-3-34(4-2)23-12-11-19(25(16-23)43-18-28(38)33-22-9-6-10-24(15-22)36(41)42)13-26-29(39)35(30(40)44-26)17-27(37)32-21-8-5-7-20(31)14-21/h5-16H,3-4,17-18H2,1-2H3,(H,32,37)(H,33,38)/b26-13+. The first kappa shape index (κ1) is 32.0. The number of nitro groups is 1. The van der Waals surface area contributed by atoms with E-state index in [1.165, 1.54) is 30.3 Å². The molecule has 12 nitrogen and oxygen atoms in total. The van der Waals surface area contributed by atoms with Gasteiger partial charge in [-0.05, 0) is 68.1 Å². The van der Waals surface area contributed by atoms with E-state index >= 15 is 0 Å². The third-order valence-electron chi connectivity index (χ3n) is 6.40. The third-order valence-corrected chi connectivity index (χ3v) is 7.54. The van der Waals surface area contributed by atoms with Crippen molar-refractivity contribution in [3.05, 3.63) is 92.3 Å². The maximum atomic E-state index is 13.1. The van der Waals surface area contributed by atoms with Gasteiger partial charge in [-0.2, -0.15) is 0 Å². The molecule has 14 heteroatoms. The maximum Gasteiger partial charge on any atom is 0.294 e. The Kier molecular flexibility index (Phi) is 10.6. The Balaban J connectivity index is 1.51. The lowest BCUT2D eigenvalue weighted by atomic mass is 10.1. The van der Waals surface area contributed by atoms with Gasteiger partial charge in [-0.25, -0.2) is 0 Å². The van der Waals surface area contributed by atoms with Crippen molar-refractivity contribution >= 4 is 75.1 Å². The molecular formula is C30H28ClN5O7S. The number of rotatable bonds is 12. The van der Waals surface area contributed by atoms with E-state index in [1.54, 1.807) is 36.4 Å². The summed E-state index contributed by atoms with van der Waals surface area (Å²) >= 11 is 6.63. The number of carbonyl (C=O) groups is 4. The Hall–Kier alpha value is -4.88. The Bertz CT molecular complexity index is 1640. The fourth-order valence-electron chi connectivity index (χ4n) is 4.28. The molecule has 0 atom stereocenters. The number of nitro benzene ring substituents is 1. The van der Waals surface area contributed by atoms with Gasteiger partial charge in [0, 0.05) is 58.9 Å². The normalized spacial score (nSPS) is 13.6. The summed E-state index contributed by atoms with van der Waals surface area (Å²) in [5.41, 5.74) is 1.73. The molecule has 0 aromatic heterocycles. The van der Waals surface area contributed by atoms with Crippen LogP contribution >= 0.6 is 23.4 Å². The van der Waals surface area contributed by atoms with Crippen LogP contribution < -0.4 is 20.3 Å². The zero-order valence-corrected chi connectivity index (χ0v) is 25.3. The SMILES string of the molecule is CCN(CC)c1ccc(/C=C2/SC(=O)N(CC(=O)Nc3cccc(Cl)c3)C2=O)c(OCC(=O)Nc2cccc([N+](=O)[O-])c2)c1.